The summed E-state index contributed by atoms with van der Waals surface area (Å²) in [5, 5.41) is 34.8. The van der Waals surface area contributed by atoms with E-state index in [0.717, 1.165) is 11.1 Å². The number of ether oxygens (including phenoxy) is 2. The van der Waals surface area contributed by atoms with Gasteiger partial charge in [-0.25, -0.2) is 4.79 Å². The van der Waals surface area contributed by atoms with Gasteiger partial charge in [0.25, 0.3) is 0 Å². The standard InChI is InChI=1S/C20H28O6/c1-10(2)18-6-7-19(23)17(3)5-4-11-12(9-25-15(11)21)13(17)8-14(26-18)20(19,24)16(18)22/h10,13-14,16,22-24H,4-9H2,1-3H3/t13?,14-,16-,17-,18-,19+,20+/m1/s1. The van der Waals surface area contributed by atoms with E-state index in [4.69, 9.17) is 9.47 Å². The smallest absolute Gasteiger partial charge is 0.334 e. The first-order valence-electron chi connectivity index (χ1n) is 9.81. The molecule has 3 aliphatic carbocycles. The summed E-state index contributed by atoms with van der Waals surface area (Å²) in [7, 11) is 0. The van der Waals surface area contributed by atoms with Gasteiger partial charge in [-0.3, -0.25) is 0 Å². The zero-order valence-corrected chi connectivity index (χ0v) is 15.6. The Bertz CT molecular complexity index is 730. The summed E-state index contributed by atoms with van der Waals surface area (Å²) in [6.45, 7) is 6.26. The number of carbonyl (C=O) groups is 1. The third kappa shape index (κ3) is 1.51. The Morgan fingerprint density at radius 2 is 1.92 bits per heavy atom. The van der Waals surface area contributed by atoms with Crippen LogP contribution in [0.5, 0.6) is 0 Å². The van der Waals surface area contributed by atoms with Crippen LogP contribution in [0.15, 0.2) is 11.1 Å². The first kappa shape index (κ1) is 17.2. The number of hydrogen-bond donors (Lipinski definition) is 3. The van der Waals surface area contributed by atoms with E-state index in [1.165, 1.54) is 0 Å². The Morgan fingerprint density at radius 3 is 2.62 bits per heavy atom. The van der Waals surface area contributed by atoms with Crippen LogP contribution in [0.3, 0.4) is 0 Å². The molecule has 0 aromatic heterocycles. The van der Waals surface area contributed by atoms with Gasteiger partial charge in [-0.15, -0.1) is 0 Å². The normalized spacial score (nSPS) is 55.0. The molecule has 6 heteroatoms. The molecule has 0 spiro atoms. The minimum Gasteiger partial charge on any atom is -0.458 e. The third-order valence-corrected chi connectivity index (χ3v) is 8.72. The Labute approximate surface area is 153 Å². The summed E-state index contributed by atoms with van der Waals surface area (Å²) in [4.78, 5) is 12.0. The molecule has 144 valence electrons. The van der Waals surface area contributed by atoms with E-state index < -0.39 is 34.4 Å². The Hall–Kier alpha value is -0.950. The highest BCUT2D eigenvalue weighted by Gasteiger charge is 2.81. The van der Waals surface area contributed by atoms with Crippen LogP contribution in [-0.4, -0.2) is 56.9 Å². The summed E-state index contributed by atoms with van der Waals surface area (Å²) >= 11 is 0. The number of carbonyl (C=O) groups excluding carboxylic acids is 1. The quantitative estimate of drug-likeness (QED) is 0.603. The highest BCUT2D eigenvalue weighted by Crippen LogP contribution is 2.69. The van der Waals surface area contributed by atoms with Gasteiger partial charge in [-0.2, -0.15) is 0 Å². The van der Waals surface area contributed by atoms with Crippen LogP contribution < -0.4 is 0 Å². The van der Waals surface area contributed by atoms with Crippen LogP contribution in [0, 0.1) is 17.3 Å². The molecule has 2 saturated carbocycles. The maximum absolute atomic E-state index is 12.0. The number of rotatable bonds is 1. The van der Waals surface area contributed by atoms with Crippen LogP contribution >= 0.6 is 0 Å². The number of hydrogen-bond acceptors (Lipinski definition) is 6. The lowest BCUT2D eigenvalue weighted by Crippen LogP contribution is -2.78. The van der Waals surface area contributed by atoms with Crippen molar-refractivity contribution in [3.63, 3.8) is 0 Å². The molecule has 2 aliphatic heterocycles. The molecule has 0 aromatic rings. The summed E-state index contributed by atoms with van der Waals surface area (Å²) < 4.78 is 11.6. The molecule has 6 nitrogen and oxygen atoms in total. The van der Waals surface area contributed by atoms with Gasteiger partial charge in [0, 0.05) is 11.0 Å². The maximum Gasteiger partial charge on any atom is 0.334 e. The fourth-order valence-corrected chi connectivity index (χ4v) is 7.02. The molecule has 1 unspecified atom stereocenters. The number of cyclic esters (lactones) is 1. The number of aliphatic hydroxyl groups is 3. The molecule has 3 fully saturated rings. The second kappa shape index (κ2) is 4.72. The second-order valence-corrected chi connectivity index (χ2v) is 9.59. The van der Waals surface area contributed by atoms with Crippen molar-refractivity contribution in [3.05, 3.63) is 11.1 Å². The summed E-state index contributed by atoms with van der Waals surface area (Å²) in [6, 6.07) is 0. The molecule has 1 saturated heterocycles. The van der Waals surface area contributed by atoms with E-state index in [1.54, 1.807) is 0 Å². The third-order valence-electron chi connectivity index (χ3n) is 8.72. The van der Waals surface area contributed by atoms with Crippen molar-refractivity contribution in [2.75, 3.05) is 6.61 Å². The molecular formula is C20H28O6. The zero-order valence-electron chi connectivity index (χ0n) is 15.6. The lowest BCUT2D eigenvalue weighted by atomic mass is 9.43. The lowest BCUT2D eigenvalue weighted by Gasteiger charge is -2.64. The van der Waals surface area contributed by atoms with E-state index in [-0.39, 0.29) is 24.4 Å². The topological polar surface area (TPSA) is 96.2 Å². The van der Waals surface area contributed by atoms with Crippen molar-refractivity contribution < 1.29 is 29.6 Å². The molecule has 3 N–H and O–H groups in total. The van der Waals surface area contributed by atoms with Gasteiger partial charge < -0.3 is 24.8 Å². The molecule has 0 amide bonds. The lowest BCUT2D eigenvalue weighted by molar-refractivity contribution is -0.298. The number of aliphatic hydroxyl groups excluding tert-OH is 1. The molecule has 7 atom stereocenters. The zero-order chi connectivity index (χ0) is 18.7. The monoisotopic (exact) mass is 364 g/mol. The first-order valence-corrected chi connectivity index (χ1v) is 9.81. The predicted molar refractivity (Wildman–Crippen MR) is 91.0 cm³/mol. The van der Waals surface area contributed by atoms with E-state index in [0.29, 0.717) is 32.1 Å². The molecule has 2 heterocycles. The van der Waals surface area contributed by atoms with Crippen molar-refractivity contribution in [2.24, 2.45) is 17.3 Å². The van der Waals surface area contributed by atoms with Gasteiger partial charge >= 0.3 is 5.97 Å². The highest BCUT2D eigenvalue weighted by molar-refractivity contribution is 5.92. The van der Waals surface area contributed by atoms with Crippen LogP contribution in [0.4, 0.5) is 0 Å². The summed E-state index contributed by atoms with van der Waals surface area (Å²) in [5.41, 5.74) is -2.87. The first-order chi connectivity index (χ1) is 12.1. The predicted octanol–water partition coefficient (Wildman–Crippen LogP) is 1.07. The molecular weight excluding hydrogens is 336 g/mol. The van der Waals surface area contributed by atoms with Gasteiger partial charge in [0.05, 0.1) is 11.7 Å². The largest absolute Gasteiger partial charge is 0.458 e. The van der Waals surface area contributed by atoms with E-state index in [9.17, 15) is 20.1 Å². The summed E-state index contributed by atoms with van der Waals surface area (Å²) in [5.74, 6) is -0.302. The Kier molecular flexibility index (Phi) is 3.11. The number of esters is 1. The van der Waals surface area contributed by atoms with Gasteiger partial charge in [-0.05, 0) is 49.5 Å². The van der Waals surface area contributed by atoms with Crippen molar-refractivity contribution >= 4 is 5.97 Å². The molecule has 5 rings (SSSR count). The van der Waals surface area contributed by atoms with Gasteiger partial charge in [0.1, 0.15) is 23.9 Å². The van der Waals surface area contributed by atoms with Crippen molar-refractivity contribution in [1.82, 2.24) is 0 Å². The average Bonchev–Trinajstić information content (AvgIpc) is 3.04. The van der Waals surface area contributed by atoms with Crippen LogP contribution in [0.25, 0.3) is 0 Å². The average molecular weight is 364 g/mol. The number of fused-ring (bicyclic) bond motifs is 4. The van der Waals surface area contributed by atoms with Crippen LogP contribution in [0.2, 0.25) is 0 Å². The Morgan fingerprint density at radius 1 is 1.19 bits per heavy atom. The second-order valence-electron chi connectivity index (χ2n) is 9.59. The fraction of sp³-hybridized carbons (Fsp3) is 0.850. The Balaban J connectivity index is 1.68. The van der Waals surface area contributed by atoms with Gasteiger partial charge in [0.15, 0.2) is 0 Å². The van der Waals surface area contributed by atoms with E-state index >= 15 is 0 Å². The minimum atomic E-state index is -1.68. The molecule has 5 aliphatic rings. The van der Waals surface area contributed by atoms with E-state index in [2.05, 4.69) is 0 Å². The van der Waals surface area contributed by atoms with Gasteiger partial charge in [0.2, 0.25) is 0 Å². The minimum absolute atomic E-state index is 0.0256. The SMILES string of the molecule is CC(C)[C@@]12CC[C@@]3(O)[C@](O)([C@@H](CC4C5=C(CC[C@]43C)C(=O)OC5)O1)[C@@H]2O. The molecule has 2 bridgehead atoms. The molecule has 0 radical (unpaired) electrons. The maximum atomic E-state index is 12.0. The molecule has 26 heavy (non-hydrogen) atoms. The van der Waals surface area contributed by atoms with Crippen LogP contribution in [0.1, 0.15) is 52.9 Å². The molecule has 0 aromatic carbocycles. The van der Waals surface area contributed by atoms with Crippen molar-refractivity contribution in [1.29, 1.82) is 0 Å². The van der Waals surface area contributed by atoms with Gasteiger partial charge in [-0.1, -0.05) is 20.8 Å². The fourth-order valence-electron chi connectivity index (χ4n) is 7.02. The van der Waals surface area contributed by atoms with E-state index in [1.807, 2.05) is 20.8 Å². The van der Waals surface area contributed by atoms with Crippen LogP contribution in [-0.2, 0) is 14.3 Å². The highest BCUT2D eigenvalue weighted by atomic mass is 16.6. The van der Waals surface area contributed by atoms with Crippen molar-refractivity contribution in [2.45, 2.75) is 81.9 Å². The summed E-state index contributed by atoms with van der Waals surface area (Å²) in [6.07, 6.45) is 0.789. The van der Waals surface area contributed by atoms with Crippen molar-refractivity contribution in [3.8, 4) is 0 Å².